The zero-order valence-corrected chi connectivity index (χ0v) is 11.8. The van der Waals surface area contributed by atoms with E-state index in [1.165, 1.54) is 18.2 Å². The quantitative estimate of drug-likeness (QED) is 0.485. The highest BCUT2D eigenvalue weighted by Gasteiger charge is 2.18. The van der Waals surface area contributed by atoms with Crippen LogP contribution in [0.3, 0.4) is 0 Å². The number of carbonyl (C=O) groups is 1. The topological polar surface area (TPSA) is 60.2 Å². The molecule has 2 aromatic carbocycles. The third-order valence-corrected chi connectivity index (χ3v) is 3.37. The summed E-state index contributed by atoms with van der Waals surface area (Å²) in [4.78, 5) is 22.8. The lowest BCUT2D eigenvalue weighted by Crippen LogP contribution is -2.05. The van der Waals surface area contributed by atoms with Crippen LogP contribution < -0.4 is 0 Å². The summed E-state index contributed by atoms with van der Waals surface area (Å²) in [6.45, 7) is 3.70. The average Bonchev–Trinajstić information content (AvgIpc) is 2.41. The fourth-order valence-electron chi connectivity index (χ4n) is 1.93. The van der Waals surface area contributed by atoms with Crippen molar-refractivity contribution < 1.29 is 9.72 Å². The van der Waals surface area contributed by atoms with Crippen molar-refractivity contribution in [3.8, 4) is 0 Å². The average molecular weight is 290 g/mol. The minimum absolute atomic E-state index is 0.148. The lowest BCUT2D eigenvalue weighted by molar-refractivity contribution is -0.384. The number of ketones is 1. The maximum absolute atomic E-state index is 12.5. The summed E-state index contributed by atoms with van der Waals surface area (Å²) >= 11 is 5.99. The highest BCUT2D eigenvalue weighted by molar-refractivity contribution is 6.35. The summed E-state index contributed by atoms with van der Waals surface area (Å²) in [6, 6.07) is 9.37. The number of non-ortho nitro benzene ring substituents is 1. The molecule has 20 heavy (non-hydrogen) atoms. The summed E-state index contributed by atoms with van der Waals surface area (Å²) < 4.78 is 0. The SMILES string of the molecule is Cc1ccc(C)c(C(=O)c2cc([N+](=O)[O-])ccc2Cl)c1. The molecule has 0 fully saturated rings. The van der Waals surface area contributed by atoms with Gasteiger partial charge in [0.1, 0.15) is 0 Å². The third-order valence-electron chi connectivity index (χ3n) is 3.04. The summed E-state index contributed by atoms with van der Waals surface area (Å²) in [5, 5.41) is 11.0. The molecule has 0 aromatic heterocycles. The molecule has 0 radical (unpaired) electrons. The lowest BCUT2D eigenvalue weighted by atomic mass is 9.97. The number of hydrogen-bond donors (Lipinski definition) is 0. The fourth-order valence-corrected chi connectivity index (χ4v) is 2.13. The molecule has 0 saturated carbocycles. The molecule has 0 spiro atoms. The third kappa shape index (κ3) is 2.70. The first kappa shape index (κ1) is 14.2. The van der Waals surface area contributed by atoms with Crippen LogP contribution >= 0.6 is 11.6 Å². The molecule has 5 heteroatoms. The van der Waals surface area contributed by atoms with E-state index in [4.69, 9.17) is 11.6 Å². The number of rotatable bonds is 3. The molecule has 0 saturated heterocycles. The van der Waals surface area contributed by atoms with Crippen LogP contribution in [0.1, 0.15) is 27.0 Å². The summed E-state index contributed by atoms with van der Waals surface area (Å²) in [5.74, 6) is -0.306. The Morgan fingerprint density at radius 3 is 2.45 bits per heavy atom. The van der Waals surface area contributed by atoms with Gasteiger partial charge in [-0.05, 0) is 31.5 Å². The maximum Gasteiger partial charge on any atom is 0.270 e. The van der Waals surface area contributed by atoms with Crippen LogP contribution in [0.5, 0.6) is 0 Å². The molecule has 102 valence electrons. The number of aryl methyl sites for hydroxylation is 2. The number of carbonyl (C=O) groups excluding carboxylic acids is 1. The Hall–Kier alpha value is -2.20. The number of nitro benzene ring substituents is 1. The molecule has 2 rings (SSSR count). The second kappa shape index (κ2) is 5.43. The highest BCUT2D eigenvalue weighted by atomic mass is 35.5. The number of halogens is 1. The van der Waals surface area contributed by atoms with Crippen LogP contribution in [0, 0.1) is 24.0 Å². The van der Waals surface area contributed by atoms with Crippen molar-refractivity contribution in [2.24, 2.45) is 0 Å². The molecular weight excluding hydrogens is 278 g/mol. The van der Waals surface area contributed by atoms with Crippen LogP contribution in [0.4, 0.5) is 5.69 Å². The Morgan fingerprint density at radius 1 is 1.10 bits per heavy atom. The Morgan fingerprint density at radius 2 is 1.80 bits per heavy atom. The van der Waals surface area contributed by atoms with Crippen LogP contribution in [0.25, 0.3) is 0 Å². The molecular formula is C15H12ClNO3. The van der Waals surface area contributed by atoms with E-state index >= 15 is 0 Å². The Bertz CT molecular complexity index is 710. The van der Waals surface area contributed by atoms with Crippen LogP contribution in [0.15, 0.2) is 36.4 Å². The van der Waals surface area contributed by atoms with Gasteiger partial charge in [-0.2, -0.15) is 0 Å². The van der Waals surface area contributed by atoms with Crippen molar-refractivity contribution in [1.82, 2.24) is 0 Å². The molecule has 0 atom stereocenters. The summed E-state index contributed by atoms with van der Waals surface area (Å²) in [7, 11) is 0. The minimum atomic E-state index is -0.545. The molecule has 0 aliphatic heterocycles. The van der Waals surface area contributed by atoms with E-state index in [-0.39, 0.29) is 22.1 Å². The number of nitro groups is 1. The minimum Gasteiger partial charge on any atom is -0.289 e. The van der Waals surface area contributed by atoms with Crippen molar-refractivity contribution in [1.29, 1.82) is 0 Å². The second-order valence-corrected chi connectivity index (χ2v) is 4.98. The van der Waals surface area contributed by atoms with Gasteiger partial charge in [-0.15, -0.1) is 0 Å². The van der Waals surface area contributed by atoms with E-state index in [0.29, 0.717) is 5.56 Å². The van der Waals surface area contributed by atoms with Gasteiger partial charge in [-0.25, -0.2) is 0 Å². The predicted octanol–water partition coefficient (Wildman–Crippen LogP) is 4.10. The second-order valence-electron chi connectivity index (χ2n) is 4.57. The van der Waals surface area contributed by atoms with Crippen molar-refractivity contribution in [3.05, 3.63) is 73.8 Å². The molecule has 0 amide bonds. The summed E-state index contributed by atoms with van der Waals surface area (Å²) in [5.41, 5.74) is 2.26. The maximum atomic E-state index is 12.5. The van der Waals surface area contributed by atoms with Gasteiger partial charge in [0.05, 0.1) is 9.95 Å². The first-order valence-corrected chi connectivity index (χ1v) is 6.34. The Balaban J connectivity index is 2.55. The van der Waals surface area contributed by atoms with Crippen LogP contribution in [-0.2, 0) is 0 Å². The van der Waals surface area contributed by atoms with Gasteiger partial charge in [0.2, 0.25) is 0 Å². The van der Waals surface area contributed by atoms with E-state index < -0.39 is 4.92 Å². The normalized spacial score (nSPS) is 10.3. The van der Waals surface area contributed by atoms with Gasteiger partial charge in [0.25, 0.3) is 5.69 Å². The molecule has 4 nitrogen and oxygen atoms in total. The molecule has 0 N–H and O–H groups in total. The van der Waals surface area contributed by atoms with E-state index in [2.05, 4.69) is 0 Å². The molecule has 0 heterocycles. The zero-order valence-electron chi connectivity index (χ0n) is 11.0. The number of hydrogen-bond acceptors (Lipinski definition) is 3. The Labute approximate surface area is 121 Å². The zero-order chi connectivity index (χ0) is 14.9. The lowest BCUT2D eigenvalue weighted by Gasteiger charge is -2.07. The van der Waals surface area contributed by atoms with E-state index in [9.17, 15) is 14.9 Å². The van der Waals surface area contributed by atoms with Crippen molar-refractivity contribution in [2.45, 2.75) is 13.8 Å². The fraction of sp³-hybridized carbons (Fsp3) is 0.133. The van der Waals surface area contributed by atoms with Gasteiger partial charge in [-0.1, -0.05) is 29.3 Å². The number of benzene rings is 2. The standard InChI is InChI=1S/C15H12ClNO3/c1-9-3-4-10(2)12(7-9)15(18)13-8-11(17(19)20)5-6-14(13)16/h3-8H,1-2H3. The first-order valence-electron chi connectivity index (χ1n) is 5.96. The van der Waals surface area contributed by atoms with Gasteiger partial charge in [-0.3, -0.25) is 14.9 Å². The highest BCUT2D eigenvalue weighted by Crippen LogP contribution is 2.26. The Kier molecular flexibility index (Phi) is 3.86. The van der Waals surface area contributed by atoms with Gasteiger partial charge >= 0.3 is 0 Å². The molecule has 0 aliphatic rings. The first-order chi connectivity index (χ1) is 9.40. The van der Waals surface area contributed by atoms with Crippen molar-refractivity contribution >= 4 is 23.1 Å². The largest absolute Gasteiger partial charge is 0.289 e. The van der Waals surface area contributed by atoms with Gasteiger partial charge < -0.3 is 0 Å². The predicted molar refractivity (Wildman–Crippen MR) is 77.5 cm³/mol. The van der Waals surface area contributed by atoms with Crippen LogP contribution in [0.2, 0.25) is 5.02 Å². The van der Waals surface area contributed by atoms with Crippen molar-refractivity contribution in [2.75, 3.05) is 0 Å². The van der Waals surface area contributed by atoms with E-state index in [1.54, 1.807) is 6.07 Å². The number of nitrogens with zero attached hydrogens (tertiary/aromatic N) is 1. The monoisotopic (exact) mass is 289 g/mol. The van der Waals surface area contributed by atoms with E-state index in [1.807, 2.05) is 26.0 Å². The van der Waals surface area contributed by atoms with E-state index in [0.717, 1.165) is 11.1 Å². The van der Waals surface area contributed by atoms with Gasteiger partial charge in [0.15, 0.2) is 5.78 Å². The van der Waals surface area contributed by atoms with Gasteiger partial charge in [0, 0.05) is 23.3 Å². The van der Waals surface area contributed by atoms with Crippen molar-refractivity contribution in [3.63, 3.8) is 0 Å². The summed E-state index contributed by atoms with van der Waals surface area (Å²) in [6.07, 6.45) is 0. The molecule has 0 unspecified atom stereocenters. The molecule has 2 aromatic rings. The smallest absolute Gasteiger partial charge is 0.270 e. The molecule has 0 aliphatic carbocycles. The molecule has 0 bridgehead atoms. The van der Waals surface area contributed by atoms with Crippen LogP contribution in [-0.4, -0.2) is 10.7 Å².